The second-order valence-electron chi connectivity index (χ2n) is 4.53. The molecule has 0 saturated carbocycles. The van der Waals surface area contributed by atoms with Crippen LogP contribution in [0.25, 0.3) is 0 Å². The Bertz CT molecular complexity index is 691. The smallest absolute Gasteiger partial charge is 0.283 e. The molecule has 2 aromatic carbocycles. The third kappa shape index (κ3) is 3.43. The molecule has 1 atom stereocenters. The minimum Gasteiger partial charge on any atom is -0.508 e. The summed E-state index contributed by atoms with van der Waals surface area (Å²) in [6, 6.07) is 8.72. The highest BCUT2D eigenvalue weighted by Crippen LogP contribution is 2.32. The summed E-state index contributed by atoms with van der Waals surface area (Å²) in [6.45, 7) is 1.83. The predicted octanol–water partition coefficient (Wildman–Crippen LogP) is 3.94. The van der Waals surface area contributed by atoms with Gasteiger partial charge < -0.3 is 15.5 Å². The van der Waals surface area contributed by atoms with Gasteiger partial charge in [0.1, 0.15) is 11.5 Å². The lowest BCUT2D eigenvalue weighted by atomic mass is 10.1. The maximum Gasteiger partial charge on any atom is 0.283 e. The summed E-state index contributed by atoms with van der Waals surface area (Å²) in [4.78, 5) is 10.3. The fourth-order valence-electron chi connectivity index (χ4n) is 1.97. The monoisotopic (exact) mass is 352 g/mol. The van der Waals surface area contributed by atoms with Gasteiger partial charge in [0.15, 0.2) is 0 Å². The number of hydrogen-bond acceptors (Lipinski definition) is 5. The summed E-state index contributed by atoms with van der Waals surface area (Å²) < 4.78 is 0.375. The molecule has 0 amide bonds. The van der Waals surface area contributed by atoms with Crippen LogP contribution in [-0.2, 0) is 0 Å². The first-order valence-corrected chi connectivity index (χ1v) is 6.90. The average molecular weight is 353 g/mol. The van der Waals surface area contributed by atoms with Crippen LogP contribution in [0.3, 0.4) is 0 Å². The quantitative estimate of drug-likeness (QED) is 0.572. The van der Waals surface area contributed by atoms with E-state index < -0.39 is 4.92 Å². The van der Waals surface area contributed by atoms with Gasteiger partial charge in [-0.1, -0.05) is 0 Å². The molecule has 0 spiro atoms. The highest BCUT2D eigenvalue weighted by atomic mass is 79.9. The van der Waals surface area contributed by atoms with Crippen molar-refractivity contribution in [2.75, 3.05) is 5.32 Å². The SMILES string of the molecule is CC(Nc1ccc([N+](=O)[O-])c(Br)c1)c1ccc(O)cc1O. The molecule has 0 aliphatic carbocycles. The number of phenols is 2. The van der Waals surface area contributed by atoms with Crippen LogP contribution in [0, 0.1) is 10.1 Å². The molecule has 0 fully saturated rings. The second-order valence-corrected chi connectivity index (χ2v) is 5.39. The van der Waals surface area contributed by atoms with Gasteiger partial charge in [0.25, 0.3) is 5.69 Å². The number of anilines is 1. The number of nitrogens with one attached hydrogen (secondary N) is 1. The van der Waals surface area contributed by atoms with Gasteiger partial charge >= 0.3 is 0 Å². The lowest BCUT2D eigenvalue weighted by molar-refractivity contribution is -0.385. The lowest BCUT2D eigenvalue weighted by Crippen LogP contribution is -2.07. The number of nitro benzene ring substituents is 1. The van der Waals surface area contributed by atoms with Gasteiger partial charge in [-0.2, -0.15) is 0 Å². The highest BCUT2D eigenvalue weighted by molar-refractivity contribution is 9.10. The molecule has 1 unspecified atom stereocenters. The van der Waals surface area contributed by atoms with E-state index in [9.17, 15) is 20.3 Å². The van der Waals surface area contributed by atoms with Crippen molar-refractivity contribution in [2.45, 2.75) is 13.0 Å². The molecule has 0 saturated heterocycles. The van der Waals surface area contributed by atoms with Crippen molar-refractivity contribution in [2.24, 2.45) is 0 Å². The standard InChI is InChI=1S/C14H13BrN2O4/c1-8(11-4-3-10(18)7-14(11)19)16-9-2-5-13(17(20)21)12(15)6-9/h2-8,16,18-19H,1H3. The number of benzene rings is 2. The first kappa shape index (κ1) is 15.1. The van der Waals surface area contributed by atoms with Crippen LogP contribution in [0.15, 0.2) is 40.9 Å². The summed E-state index contributed by atoms with van der Waals surface area (Å²) in [5, 5.41) is 33.0. The van der Waals surface area contributed by atoms with Crippen molar-refractivity contribution >= 4 is 27.3 Å². The van der Waals surface area contributed by atoms with Crippen LogP contribution in [0.1, 0.15) is 18.5 Å². The fourth-order valence-corrected chi connectivity index (χ4v) is 2.49. The summed E-state index contributed by atoms with van der Waals surface area (Å²) in [6.07, 6.45) is 0. The number of rotatable bonds is 4. The third-order valence-electron chi connectivity index (χ3n) is 3.01. The number of halogens is 1. The molecule has 0 aromatic heterocycles. The molecule has 110 valence electrons. The van der Waals surface area contributed by atoms with Gasteiger partial charge in [-0.15, -0.1) is 0 Å². The van der Waals surface area contributed by atoms with E-state index in [0.29, 0.717) is 15.7 Å². The molecule has 3 N–H and O–H groups in total. The van der Waals surface area contributed by atoms with E-state index in [1.54, 1.807) is 18.2 Å². The van der Waals surface area contributed by atoms with Crippen molar-refractivity contribution in [1.82, 2.24) is 0 Å². The summed E-state index contributed by atoms with van der Waals surface area (Å²) >= 11 is 3.15. The maximum absolute atomic E-state index is 10.8. The molecular formula is C14H13BrN2O4. The van der Waals surface area contributed by atoms with Crippen molar-refractivity contribution in [3.05, 3.63) is 56.5 Å². The third-order valence-corrected chi connectivity index (χ3v) is 3.64. The molecule has 0 bridgehead atoms. The molecule has 2 aromatic rings. The molecule has 0 aliphatic heterocycles. The minimum absolute atomic E-state index is 0.0125. The number of aromatic hydroxyl groups is 2. The minimum atomic E-state index is -0.469. The number of nitrogens with zero attached hydrogens (tertiary/aromatic N) is 1. The normalized spacial score (nSPS) is 11.9. The predicted molar refractivity (Wildman–Crippen MR) is 82.6 cm³/mol. The van der Waals surface area contributed by atoms with Crippen molar-refractivity contribution in [1.29, 1.82) is 0 Å². The number of hydrogen-bond donors (Lipinski definition) is 3. The second kappa shape index (κ2) is 6.01. The van der Waals surface area contributed by atoms with Crippen LogP contribution in [0.5, 0.6) is 11.5 Å². The Kier molecular flexibility index (Phi) is 4.32. The maximum atomic E-state index is 10.8. The molecule has 0 heterocycles. The van der Waals surface area contributed by atoms with Gasteiger partial charge in [0, 0.05) is 23.4 Å². The largest absolute Gasteiger partial charge is 0.508 e. The molecule has 2 rings (SSSR count). The van der Waals surface area contributed by atoms with Crippen LogP contribution < -0.4 is 5.32 Å². The van der Waals surface area contributed by atoms with Gasteiger partial charge in [0.2, 0.25) is 0 Å². The zero-order valence-electron chi connectivity index (χ0n) is 11.1. The highest BCUT2D eigenvalue weighted by Gasteiger charge is 2.14. The summed E-state index contributed by atoms with van der Waals surface area (Å²) in [5.74, 6) is -0.0301. The van der Waals surface area contributed by atoms with E-state index in [1.165, 1.54) is 18.2 Å². The van der Waals surface area contributed by atoms with Crippen LogP contribution in [-0.4, -0.2) is 15.1 Å². The Morgan fingerprint density at radius 2 is 1.95 bits per heavy atom. The molecule has 7 heteroatoms. The molecule has 0 radical (unpaired) electrons. The van der Waals surface area contributed by atoms with Gasteiger partial charge in [-0.05, 0) is 47.1 Å². The first-order valence-electron chi connectivity index (χ1n) is 6.11. The van der Waals surface area contributed by atoms with E-state index in [0.717, 1.165) is 0 Å². The average Bonchev–Trinajstić information content (AvgIpc) is 2.37. The van der Waals surface area contributed by atoms with Gasteiger partial charge in [0.05, 0.1) is 15.4 Å². The van der Waals surface area contributed by atoms with E-state index in [4.69, 9.17) is 0 Å². The topological polar surface area (TPSA) is 95.6 Å². The zero-order valence-corrected chi connectivity index (χ0v) is 12.7. The Morgan fingerprint density at radius 1 is 1.24 bits per heavy atom. The number of phenolic OH excluding ortho intramolecular Hbond substituents is 2. The Labute approximate surface area is 129 Å². The molecular weight excluding hydrogens is 340 g/mol. The number of nitro groups is 1. The van der Waals surface area contributed by atoms with E-state index in [-0.39, 0.29) is 23.2 Å². The van der Waals surface area contributed by atoms with E-state index in [2.05, 4.69) is 21.2 Å². The Hall–Kier alpha value is -2.28. The van der Waals surface area contributed by atoms with Gasteiger partial charge in [-0.25, -0.2) is 0 Å². The van der Waals surface area contributed by atoms with Crippen LogP contribution in [0.2, 0.25) is 0 Å². The first-order chi connectivity index (χ1) is 9.88. The Balaban J connectivity index is 2.21. The zero-order chi connectivity index (χ0) is 15.6. The van der Waals surface area contributed by atoms with Crippen molar-refractivity contribution in [3.8, 4) is 11.5 Å². The van der Waals surface area contributed by atoms with Crippen molar-refractivity contribution < 1.29 is 15.1 Å². The van der Waals surface area contributed by atoms with E-state index >= 15 is 0 Å². The summed E-state index contributed by atoms with van der Waals surface area (Å²) in [7, 11) is 0. The molecule has 6 nitrogen and oxygen atoms in total. The van der Waals surface area contributed by atoms with Crippen LogP contribution in [0.4, 0.5) is 11.4 Å². The lowest BCUT2D eigenvalue weighted by Gasteiger charge is -2.17. The van der Waals surface area contributed by atoms with Crippen LogP contribution >= 0.6 is 15.9 Å². The van der Waals surface area contributed by atoms with Crippen molar-refractivity contribution in [3.63, 3.8) is 0 Å². The Morgan fingerprint density at radius 3 is 2.52 bits per heavy atom. The van der Waals surface area contributed by atoms with Gasteiger partial charge in [-0.3, -0.25) is 10.1 Å². The van der Waals surface area contributed by atoms with E-state index in [1.807, 2.05) is 6.92 Å². The molecule has 0 aliphatic rings. The molecule has 21 heavy (non-hydrogen) atoms. The fraction of sp³-hybridized carbons (Fsp3) is 0.143. The summed E-state index contributed by atoms with van der Waals surface area (Å²) in [5.41, 5.74) is 1.27.